The van der Waals surface area contributed by atoms with Crippen LogP contribution in [0.3, 0.4) is 0 Å². The molecule has 0 aromatic carbocycles. The monoisotopic (exact) mass is 623 g/mol. The number of hydrogen-bond acceptors (Lipinski definition) is 5. The number of alkyl halides is 5. The smallest absolute Gasteiger partial charge is 0.349 e. The highest BCUT2D eigenvalue weighted by Crippen LogP contribution is 2.44. The molecule has 2 aliphatic rings. The Morgan fingerprint density at radius 1 is 1.02 bits per heavy atom. The second kappa shape index (κ2) is 11.7. The molecular weight excluding hydrogens is 585 g/mol. The number of carbonyl (C=O) groups excluding carboxylic acids is 2. The number of aromatic nitrogens is 5. The first-order chi connectivity index (χ1) is 20.5. The predicted octanol–water partition coefficient (Wildman–Crippen LogP) is 6.35. The zero-order valence-corrected chi connectivity index (χ0v) is 25.2. The van der Waals surface area contributed by atoms with Crippen LogP contribution in [-0.4, -0.2) is 48.3 Å². The zero-order valence-electron chi connectivity index (χ0n) is 25.2. The van der Waals surface area contributed by atoms with Crippen LogP contribution in [0.1, 0.15) is 113 Å². The summed E-state index contributed by atoms with van der Waals surface area (Å²) in [5.74, 6) is -4.09. The molecule has 240 valence electrons. The van der Waals surface area contributed by atoms with Crippen molar-refractivity contribution in [2.24, 2.45) is 17.3 Å². The lowest BCUT2D eigenvalue weighted by molar-refractivity contribution is -0.213. The molecule has 3 aromatic heterocycles. The molecule has 1 unspecified atom stereocenters. The van der Waals surface area contributed by atoms with E-state index in [0.717, 1.165) is 26.7 Å². The van der Waals surface area contributed by atoms with Gasteiger partial charge in [0, 0.05) is 31.5 Å². The average Bonchev–Trinajstić information content (AvgIpc) is 3.47. The zero-order chi connectivity index (χ0) is 32.0. The summed E-state index contributed by atoms with van der Waals surface area (Å²) in [7, 11) is 0. The molecular formula is C30H38F5N7O2. The Bertz CT molecular complexity index is 1500. The molecule has 2 atom stereocenters. The summed E-state index contributed by atoms with van der Waals surface area (Å²) in [5.41, 5.74) is -0.379. The van der Waals surface area contributed by atoms with Crippen molar-refractivity contribution in [1.29, 1.82) is 0 Å². The van der Waals surface area contributed by atoms with Crippen molar-refractivity contribution in [3.05, 3.63) is 47.7 Å². The van der Waals surface area contributed by atoms with E-state index >= 15 is 0 Å². The average molecular weight is 624 g/mol. The third-order valence-electron chi connectivity index (χ3n) is 8.73. The van der Waals surface area contributed by atoms with Gasteiger partial charge in [-0.05, 0) is 69.1 Å². The van der Waals surface area contributed by atoms with Gasteiger partial charge in [0.25, 0.3) is 5.91 Å². The number of rotatable bonds is 10. The van der Waals surface area contributed by atoms with Gasteiger partial charge in [-0.2, -0.15) is 23.4 Å². The molecule has 9 nitrogen and oxygen atoms in total. The Morgan fingerprint density at radius 3 is 2.30 bits per heavy atom. The Balaban J connectivity index is 1.41. The molecule has 0 spiro atoms. The molecule has 14 heteroatoms. The van der Waals surface area contributed by atoms with Gasteiger partial charge >= 0.3 is 6.18 Å². The van der Waals surface area contributed by atoms with E-state index in [1.807, 2.05) is 13.8 Å². The van der Waals surface area contributed by atoms with Crippen LogP contribution in [0.5, 0.6) is 0 Å². The number of halogens is 5. The van der Waals surface area contributed by atoms with Crippen LogP contribution in [-0.2, 0) is 4.79 Å². The maximum atomic E-state index is 14.1. The van der Waals surface area contributed by atoms with Crippen molar-refractivity contribution in [3.8, 4) is 0 Å². The van der Waals surface area contributed by atoms with Gasteiger partial charge in [0.15, 0.2) is 5.65 Å². The molecule has 0 radical (unpaired) electrons. The molecule has 2 aliphatic carbocycles. The second-order valence-corrected chi connectivity index (χ2v) is 13.1. The van der Waals surface area contributed by atoms with Gasteiger partial charge < -0.3 is 10.6 Å². The standard InChI is InChI=1S/C30H38F5N7O2/c1-17(2)42-22(9-12-36-42)27(44)40-26(19-7-10-29(31,32)11-8-19)21-16-41-23(38-21)13-20(15-37-41)25(18-5-6-18)39-24(43)14-28(3,4)30(33,34)35/h9,12-13,15-19,25-26H,5-8,10-11,14H2,1-4H3,(H,39,43)(H,40,44)/t25?,26-/m0/s1. The fraction of sp³-hybridized carbons (Fsp3) is 0.633. The number of amides is 2. The van der Waals surface area contributed by atoms with Gasteiger partial charge in [-0.25, -0.2) is 18.3 Å². The molecule has 0 aliphatic heterocycles. The van der Waals surface area contributed by atoms with E-state index in [0.29, 0.717) is 22.6 Å². The molecule has 0 bridgehead atoms. The van der Waals surface area contributed by atoms with E-state index in [-0.39, 0.29) is 43.6 Å². The van der Waals surface area contributed by atoms with Crippen LogP contribution in [0.25, 0.3) is 5.65 Å². The number of imidazole rings is 1. The van der Waals surface area contributed by atoms with E-state index in [9.17, 15) is 31.5 Å². The largest absolute Gasteiger partial charge is 0.394 e. The molecule has 0 saturated heterocycles. The number of hydrogen-bond donors (Lipinski definition) is 2. The second-order valence-electron chi connectivity index (χ2n) is 13.1. The molecule has 2 N–H and O–H groups in total. The molecule has 2 amide bonds. The maximum absolute atomic E-state index is 14.1. The molecule has 2 fully saturated rings. The van der Waals surface area contributed by atoms with E-state index in [4.69, 9.17) is 4.98 Å². The van der Waals surface area contributed by atoms with Gasteiger partial charge in [0.2, 0.25) is 11.8 Å². The molecule has 3 aromatic rings. The highest BCUT2D eigenvalue weighted by atomic mass is 19.4. The fourth-order valence-electron chi connectivity index (χ4n) is 5.81. The Labute approximate surface area is 252 Å². The lowest BCUT2D eigenvalue weighted by atomic mass is 9.81. The van der Waals surface area contributed by atoms with Gasteiger partial charge in [-0.1, -0.05) is 13.8 Å². The lowest BCUT2D eigenvalue weighted by Gasteiger charge is -2.33. The highest BCUT2D eigenvalue weighted by Gasteiger charge is 2.49. The number of nitrogens with one attached hydrogen (secondary N) is 2. The Kier molecular flexibility index (Phi) is 8.49. The summed E-state index contributed by atoms with van der Waals surface area (Å²) in [6, 6.07) is 2.03. The maximum Gasteiger partial charge on any atom is 0.394 e. The van der Waals surface area contributed by atoms with Crippen molar-refractivity contribution in [2.75, 3.05) is 0 Å². The molecule has 2 saturated carbocycles. The Morgan fingerprint density at radius 2 is 1.68 bits per heavy atom. The fourth-order valence-corrected chi connectivity index (χ4v) is 5.81. The summed E-state index contributed by atoms with van der Waals surface area (Å²) < 4.78 is 71.4. The predicted molar refractivity (Wildman–Crippen MR) is 151 cm³/mol. The third-order valence-corrected chi connectivity index (χ3v) is 8.73. The van der Waals surface area contributed by atoms with Crippen molar-refractivity contribution < 1.29 is 31.5 Å². The quantitative estimate of drug-likeness (QED) is 0.256. The summed E-state index contributed by atoms with van der Waals surface area (Å²) >= 11 is 0. The van der Waals surface area contributed by atoms with Crippen molar-refractivity contribution >= 4 is 17.5 Å². The summed E-state index contributed by atoms with van der Waals surface area (Å²) in [4.78, 5) is 30.8. The normalized spacial score (nSPS) is 19.2. The lowest BCUT2D eigenvalue weighted by Crippen LogP contribution is -2.39. The number of carbonyl (C=O) groups is 2. The van der Waals surface area contributed by atoms with Crippen molar-refractivity contribution in [3.63, 3.8) is 0 Å². The van der Waals surface area contributed by atoms with E-state index in [2.05, 4.69) is 20.8 Å². The van der Waals surface area contributed by atoms with E-state index < -0.39 is 47.8 Å². The van der Waals surface area contributed by atoms with Crippen LogP contribution < -0.4 is 10.6 Å². The van der Waals surface area contributed by atoms with E-state index in [1.54, 1.807) is 29.2 Å². The van der Waals surface area contributed by atoms with E-state index in [1.165, 1.54) is 10.7 Å². The minimum absolute atomic E-state index is 0.0633. The molecule has 44 heavy (non-hydrogen) atoms. The number of fused-ring (bicyclic) bond motifs is 1. The minimum atomic E-state index is -4.53. The summed E-state index contributed by atoms with van der Waals surface area (Å²) in [6.07, 6.45) is 0.907. The van der Waals surface area contributed by atoms with Gasteiger partial charge in [0.05, 0.1) is 35.6 Å². The van der Waals surface area contributed by atoms with Crippen LogP contribution in [0.15, 0.2) is 30.7 Å². The topological polar surface area (TPSA) is 106 Å². The van der Waals surface area contributed by atoms with Gasteiger partial charge in [-0.15, -0.1) is 0 Å². The first kappa shape index (κ1) is 31.8. The van der Waals surface area contributed by atoms with Crippen molar-refractivity contribution in [1.82, 2.24) is 35.0 Å². The molecule has 3 heterocycles. The van der Waals surface area contributed by atoms with Crippen LogP contribution >= 0.6 is 0 Å². The summed E-state index contributed by atoms with van der Waals surface area (Å²) in [5, 5.41) is 14.5. The molecule has 5 rings (SSSR count). The number of nitrogens with zero attached hydrogens (tertiary/aromatic N) is 5. The Hall–Kier alpha value is -3.58. The van der Waals surface area contributed by atoms with Crippen LogP contribution in [0, 0.1) is 17.3 Å². The first-order valence-corrected chi connectivity index (χ1v) is 15.0. The van der Waals surface area contributed by atoms with Crippen molar-refractivity contribution in [2.45, 2.75) is 103 Å². The SMILES string of the molecule is CC(C)n1nccc1C(=O)N[C@H](c1cn2ncc(C(NC(=O)CC(C)(C)C(F)(F)F)C3CC3)cc2n1)C1CCC(F)(F)CC1. The van der Waals surface area contributed by atoms with Gasteiger partial charge in [-0.3, -0.25) is 14.3 Å². The first-order valence-electron chi connectivity index (χ1n) is 15.0. The van der Waals surface area contributed by atoms with Crippen LogP contribution in [0.2, 0.25) is 0 Å². The summed E-state index contributed by atoms with van der Waals surface area (Å²) in [6.45, 7) is 5.78. The van der Waals surface area contributed by atoms with Crippen LogP contribution in [0.4, 0.5) is 22.0 Å². The third kappa shape index (κ3) is 6.88. The van der Waals surface area contributed by atoms with Gasteiger partial charge in [0.1, 0.15) is 5.69 Å². The highest BCUT2D eigenvalue weighted by molar-refractivity contribution is 5.92. The minimum Gasteiger partial charge on any atom is -0.349 e.